The Morgan fingerprint density at radius 1 is 0.762 bits per heavy atom. The van der Waals surface area contributed by atoms with Crippen LogP contribution in [0.4, 0.5) is 0 Å². The molecule has 0 radical (unpaired) electrons. The molecule has 21 heavy (non-hydrogen) atoms. The van der Waals surface area contributed by atoms with E-state index in [-0.39, 0.29) is 0 Å². The molecule has 1 aromatic heterocycles. The minimum absolute atomic E-state index is 1.29. The molecule has 122 valence electrons. The quantitative estimate of drug-likeness (QED) is 0.331. The van der Waals surface area contributed by atoms with Crippen LogP contribution in [0.5, 0.6) is 0 Å². The van der Waals surface area contributed by atoms with Gasteiger partial charge in [0.1, 0.15) is 0 Å². The Bertz CT molecular complexity index is 348. The molecule has 2 heteroatoms. The molecular weight excluding hydrogens is 379 g/mol. The van der Waals surface area contributed by atoms with E-state index in [4.69, 9.17) is 0 Å². The zero-order valence-corrected chi connectivity index (χ0v) is 18.5. The molecule has 0 aliphatic carbocycles. The van der Waals surface area contributed by atoms with Gasteiger partial charge in [0.15, 0.2) is 0 Å². The number of thiophene rings is 1. The molecule has 0 saturated heterocycles. The molecule has 1 aromatic rings. The van der Waals surface area contributed by atoms with Gasteiger partial charge in [-0.25, -0.2) is 0 Å². The summed E-state index contributed by atoms with van der Waals surface area (Å²) in [4.78, 5) is 1.65. The maximum absolute atomic E-state index is 2.56. The van der Waals surface area contributed by atoms with E-state index in [1.165, 1.54) is 51.4 Å². The summed E-state index contributed by atoms with van der Waals surface area (Å²) < 4.78 is 6.73. The van der Waals surface area contributed by atoms with Gasteiger partial charge in [-0.2, -0.15) is 0 Å². The van der Waals surface area contributed by atoms with Gasteiger partial charge in [-0.3, -0.25) is 0 Å². The van der Waals surface area contributed by atoms with E-state index >= 15 is 0 Å². The van der Waals surface area contributed by atoms with Crippen LogP contribution in [-0.4, -0.2) is 18.4 Å². The summed E-state index contributed by atoms with van der Waals surface area (Å²) in [5, 5.41) is 0. The summed E-state index contributed by atoms with van der Waals surface area (Å²) in [6.07, 6.45) is 11.2. The fraction of sp³-hybridized carbons (Fsp3) is 0.789. The van der Waals surface area contributed by atoms with Gasteiger partial charge in [0.2, 0.25) is 0 Å². The Balaban J connectivity index is 2.97. The van der Waals surface area contributed by atoms with E-state index in [0.717, 1.165) is 0 Å². The molecule has 0 nitrogen and oxygen atoms in total. The van der Waals surface area contributed by atoms with Crippen molar-refractivity contribution in [1.82, 2.24) is 0 Å². The van der Waals surface area contributed by atoms with E-state index in [2.05, 4.69) is 51.2 Å². The second-order valence-corrected chi connectivity index (χ2v) is 21.9. The summed E-state index contributed by atoms with van der Waals surface area (Å²) in [5.74, 6) is 0. The number of hydrogen-bond donors (Lipinski definition) is 0. The van der Waals surface area contributed by atoms with Crippen LogP contribution >= 0.6 is 11.3 Å². The van der Waals surface area contributed by atoms with Gasteiger partial charge in [-0.15, -0.1) is 0 Å². The first kappa shape index (κ1) is 19.5. The van der Waals surface area contributed by atoms with Crippen molar-refractivity contribution < 1.29 is 0 Å². The molecule has 0 bridgehead atoms. The second-order valence-electron chi connectivity index (χ2n) is 6.61. The monoisotopic (exact) mass is 416 g/mol. The predicted molar refractivity (Wildman–Crippen MR) is 103 cm³/mol. The summed E-state index contributed by atoms with van der Waals surface area (Å²) in [6.45, 7) is 9.41. The summed E-state index contributed by atoms with van der Waals surface area (Å²) in [7, 11) is 0. The Kier molecular flexibility index (Phi) is 10.3. The average Bonchev–Trinajstić information content (AvgIpc) is 2.96. The van der Waals surface area contributed by atoms with Gasteiger partial charge in [-0.1, -0.05) is 0 Å². The van der Waals surface area contributed by atoms with E-state index in [0.29, 0.717) is 0 Å². The third-order valence-electron chi connectivity index (χ3n) is 4.71. The Labute approximate surface area is 141 Å². The molecule has 0 aliphatic rings. The molecule has 0 N–H and O–H groups in total. The SMILES string of the molecule is CCC[CH2][Sn]([CH2]CCC)([CH2]CCC)[c]1ccc(CCC)s1. The van der Waals surface area contributed by atoms with Crippen LogP contribution < -0.4 is 2.89 Å². The molecule has 0 unspecified atom stereocenters. The van der Waals surface area contributed by atoms with Crippen LogP contribution in [0.15, 0.2) is 12.1 Å². The first-order valence-electron chi connectivity index (χ1n) is 9.31. The minimum atomic E-state index is -2.10. The molecule has 1 rings (SSSR count). The van der Waals surface area contributed by atoms with E-state index < -0.39 is 18.4 Å². The first-order valence-corrected chi connectivity index (χ1v) is 17.6. The van der Waals surface area contributed by atoms with Crippen LogP contribution in [0.2, 0.25) is 13.3 Å². The standard InChI is InChI=1S/C7H9S.3C4H9.Sn/c1-2-4-7-5-3-6-8-7;3*1-3-4-2;/h3,5H,2,4H2,1H3;3*1,3-4H2,2H3;. The predicted octanol–water partition coefficient (Wildman–Crippen LogP) is 6.76. The van der Waals surface area contributed by atoms with Crippen molar-refractivity contribution in [2.45, 2.75) is 92.4 Å². The Morgan fingerprint density at radius 3 is 1.71 bits per heavy atom. The zero-order chi connectivity index (χ0) is 15.6. The van der Waals surface area contributed by atoms with Crippen LogP contribution in [-0.2, 0) is 6.42 Å². The first-order chi connectivity index (χ1) is 10.2. The van der Waals surface area contributed by atoms with Gasteiger partial charge in [-0.05, 0) is 0 Å². The molecule has 0 fully saturated rings. The normalized spacial score (nSPS) is 12.0. The number of hydrogen-bond acceptors (Lipinski definition) is 1. The van der Waals surface area contributed by atoms with Crippen molar-refractivity contribution in [3.63, 3.8) is 0 Å². The van der Waals surface area contributed by atoms with Crippen molar-refractivity contribution in [2.24, 2.45) is 0 Å². The zero-order valence-electron chi connectivity index (χ0n) is 14.8. The van der Waals surface area contributed by atoms with Gasteiger partial charge in [0.25, 0.3) is 0 Å². The average molecular weight is 415 g/mol. The number of rotatable bonds is 12. The van der Waals surface area contributed by atoms with Crippen molar-refractivity contribution >= 4 is 32.6 Å². The third-order valence-corrected chi connectivity index (χ3v) is 24.1. The van der Waals surface area contributed by atoms with Crippen molar-refractivity contribution in [1.29, 1.82) is 0 Å². The maximum atomic E-state index is 2.56. The summed E-state index contributed by atoms with van der Waals surface area (Å²) in [5.41, 5.74) is 0. The van der Waals surface area contributed by atoms with Crippen molar-refractivity contribution in [2.75, 3.05) is 0 Å². The number of aryl methyl sites for hydroxylation is 1. The van der Waals surface area contributed by atoms with Crippen molar-refractivity contribution in [3.8, 4) is 0 Å². The van der Waals surface area contributed by atoms with E-state index in [1.807, 2.05) is 2.89 Å². The molecular formula is C19H36SSn. The van der Waals surface area contributed by atoms with E-state index in [9.17, 15) is 0 Å². The molecule has 0 aromatic carbocycles. The third kappa shape index (κ3) is 6.25. The summed E-state index contributed by atoms with van der Waals surface area (Å²) in [6, 6.07) is 5.02. The molecule has 0 spiro atoms. The Hall–Kier alpha value is 0.499. The molecule has 0 amide bonds. The second kappa shape index (κ2) is 11.1. The van der Waals surface area contributed by atoms with Gasteiger partial charge >= 0.3 is 142 Å². The molecule has 0 saturated carbocycles. The van der Waals surface area contributed by atoms with Crippen LogP contribution in [0.3, 0.4) is 0 Å². The topological polar surface area (TPSA) is 0 Å². The van der Waals surface area contributed by atoms with Crippen LogP contribution in [0.25, 0.3) is 0 Å². The van der Waals surface area contributed by atoms with Crippen LogP contribution in [0, 0.1) is 0 Å². The Morgan fingerprint density at radius 2 is 1.29 bits per heavy atom. The van der Waals surface area contributed by atoms with Gasteiger partial charge in [0.05, 0.1) is 0 Å². The fourth-order valence-corrected chi connectivity index (χ4v) is 23.8. The van der Waals surface area contributed by atoms with E-state index in [1.54, 1.807) is 18.2 Å². The van der Waals surface area contributed by atoms with Gasteiger partial charge < -0.3 is 0 Å². The summed E-state index contributed by atoms with van der Waals surface area (Å²) >= 11 is 0.110. The van der Waals surface area contributed by atoms with Crippen LogP contribution in [0.1, 0.15) is 77.5 Å². The molecule has 0 atom stereocenters. The van der Waals surface area contributed by atoms with Gasteiger partial charge in [0, 0.05) is 0 Å². The fourth-order valence-electron chi connectivity index (χ4n) is 3.33. The molecule has 0 aliphatic heterocycles. The van der Waals surface area contributed by atoms with Crippen molar-refractivity contribution in [3.05, 3.63) is 17.0 Å². The molecule has 1 heterocycles. The number of unbranched alkanes of at least 4 members (excludes halogenated alkanes) is 3.